The minimum absolute atomic E-state index is 0.0768. The van der Waals surface area contributed by atoms with Gasteiger partial charge in [0.1, 0.15) is 5.75 Å². The van der Waals surface area contributed by atoms with E-state index in [1.807, 2.05) is 41.3 Å². The lowest BCUT2D eigenvalue weighted by atomic mass is 10.0. The Hall–Kier alpha value is -2.62. The van der Waals surface area contributed by atoms with E-state index in [4.69, 9.17) is 9.73 Å². The lowest BCUT2D eigenvalue weighted by Gasteiger charge is -2.25. The Labute approximate surface area is 141 Å². The van der Waals surface area contributed by atoms with Crippen molar-refractivity contribution in [3.8, 4) is 5.75 Å². The van der Waals surface area contributed by atoms with E-state index < -0.39 is 0 Å². The fourth-order valence-electron chi connectivity index (χ4n) is 3.56. The third-order valence-corrected chi connectivity index (χ3v) is 4.81. The Kier molecular flexibility index (Phi) is 3.81. The lowest BCUT2D eigenvalue weighted by molar-refractivity contribution is -0.120. The van der Waals surface area contributed by atoms with Crippen molar-refractivity contribution >= 4 is 23.0 Å². The Morgan fingerprint density at radius 2 is 2.04 bits per heavy atom. The van der Waals surface area contributed by atoms with Gasteiger partial charge in [-0.25, -0.2) is 0 Å². The number of hydrogen-bond donors (Lipinski definition) is 0. The van der Waals surface area contributed by atoms with Crippen LogP contribution in [0.5, 0.6) is 5.75 Å². The molecular weight excluding hydrogens is 300 g/mol. The van der Waals surface area contributed by atoms with Crippen LogP contribution in [0, 0.1) is 5.92 Å². The molecule has 0 aromatic heterocycles. The molecule has 2 aromatic rings. The molecule has 1 aliphatic carbocycles. The van der Waals surface area contributed by atoms with Crippen molar-refractivity contribution in [2.24, 2.45) is 10.9 Å². The highest BCUT2D eigenvalue weighted by atomic mass is 16.5. The highest BCUT2D eigenvalue weighted by Crippen LogP contribution is 2.40. The third kappa shape index (κ3) is 2.58. The second-order valence-electron chi connectivity index (χ2n) is 6.31. The number of aliphatic imine (C=N–C) groups is 1. The molecule has 0 bridgehead atoms. The van der Waals surface area contributed by atoms with Gasteiger partial charge in [0.25, 0.3) is 0 Å². The fourth-order valence-corrected chi connectivity index (χ4v) is 3.56. The van der Waals surface area contributed by atoms with Crippen molar-refractivity contribution in [3.05, 3.63) is 54.1 Å². The first-order chi connectivity index (χ1) is 11.8. The first-order valence-electron chi connectivity index (χ1n) is 8.37. The molecule has 1 aliphatic heterocycles. The second kappa shape index (κ2) is 6.11. The summed E-state index contributed by atoms with van der Waals surface area (Å²) < 4.78 is 5.36. The van der Waals surface area contributed by atoms with E-state index in [1.165, 1.54) is 0 Å². The average molecular weight is 320 g/mol. The lowest BCUT2D eigenvalue weighted by Crippen LogP contribution is -2.36. The number of anilines is 1. The van der Waals surface area contributed by atoms with Gasteiger partial charge in [0.2, 0.25) is 5.91 Å². The maximum Gasteiger partial charge on any atom is 0.236 e. The van der Waals surface area contributed by atoms with E-state index in [9.17, 15) is 4.79 Å². The summed E-state index contributed by atoms with van der Waals surface area (Å²) in [4.78, 5) is 19.9. The molecule has 2 aromatic carbocycles. The van der Waals surface area contributed by atoms with Crippen LogP contribution in [-0.2, 0) is 11.3 Å². The number of fused-ring (bicyclic) bond motifs is 2. The van der Waals surface area contributed by atoms with Crippen LogP contribution < -0.4 is 9.64 Å². The molecular formula is C20H20N2O2. The van der Waals surface area contributed by atoms with Gasteiger partial charge < -0.3 is 9.64 Å². The van der Waals surface area contributed by atoms with Crippen LogP contribution in [0.3, 0.4) is 0 Å². The zero-order valence-corrected chi connectivity index (χ0v) is 13.7. The maximum absolute atomic E-state index is 13.2. The van der Waals surface area contributed by atoms with Crippen molar-refractivity contribution in [3.63, 3.8) is 0 Å². The number of hydrogen-bond acceptors (Lipinski definition) is 3. The van der Waals surface area contributed by atoms with E-state index in [0.29, 0.717) is 6.54 Å². The van der Waals surface area contributed by atoms with Crippen LogP contribution in [0.2, 0.25) is 0 Å². The van der Waals surface area contributed by atoms with Gasteiger partial charge in [-0.1, -0.05) is 30.3 Å². The van der Waals surface area contributed by atoms with Crippen LogP contribution >= 0.6 is 0 Å². The number of ether oxygens (including phenoxy) is 1. The Morgan fingerprint density at radius 3 is 2.83 bits per heavy atom. The van der Waals surface area contributed by atoms with Gasteiger partial charge in [0.05, 0.1) is 30.9 Å². The van der Waals surface area contributed by atoms with Gasteiger partial charge in [0.15, 0.2) is 0 Å². The van der Waals surface area contributed by atoms with Gasteiger partial charge in [-0.2, -0.15) is 0 Å². The highest BCUT2D eigenvalue weighted by Gasteiger charge is 2.36. The molecule has 0 spiro atoms. The predicted octanol–water partition coefficient (Wildman–Crippen LogP) is 4.11. The minimum Gasteiger partial charge on any atom is -0.497 e. The molecule has 1 amide bonds. The van der Waals surface area contributed by atoms with E-state index in [0.717, 1.165) is 47.7 Å². The molecule has 1 heterocycles. The summed E-state index contributed by atoms with van der Waals surface area (Å²) in [6.07, 6.45) is 2.86. The molecule has 2 aliphatic rings. The van der Waals surface area contributed by atoms with Crippen molar-refractivity contribution in [1.29, 1.82) is 0 Å². The Morgan fingerprint density at radius 1 is 1.21 bits per heavy atom. The molecule has 4 nitrogen and oxygen atoms in total. The third-order valence-electron chi connectivity index (χ3n) is 4.81. The molecule has 122 valence electrons. The molecule has 1 unspecified atom stereocenters. The predicted molar refractivity (Wildman–Crippen MR) is 95.1 cm³/mol. The summed E-state index contributed by atoms with van der Waals surface area (Å²) in [5, 5.41) is 0. The summed E-state index contributed by atoms with van der Waals surface area (Å²) >= 11 is 0. The molecule has 1 fully saturated rings. The van der Waals surface area contributed by atoms with E-state index in [-0.39, 0.29) is 11.8 Å². The fraction of sp³-hybridized carbons (Fsp3) is 0.300. The van der Waals surface area contributed by atoms with Gasteiger partial charge >= 0.3 is 0 Å². The quantitative estimate of drug-likeness (QED) is 0.854. The van der Waals surface area contributed by atoms with E-state index in [2.05, 4.69) is 12.1 Å². The summed E-state index contributed by atoms with van der Waals surface area (Å²) in [6.45, 7) is 0.555. The number of amides is 1. The highest BCUT2D eigenvalue weighted by molar-refractivity contribution is 6.15. The van der Waals surface area contributed by atoms with Crippen molar-refractivity contribution in [2.45, 2.75) is 25.8 Å². The van der Waals surface area contributed by atoms with Gasteiger partial charge in [-0.15, -0.1) is 0 Å². The van der Waals surface area contributed by atoms with Crippen LogP contribution in [0.15, 0.2) is 53.5 Å². The standard InChI is InChI=1S/C20H20N2O2/c1-24-15-10-11-18-19(12-15)22(13-14-6-3-2-4-7-14)20(23)16-8-5-9-17(16)21-18/h2-4,6-7,10-12,16H,5,8-9,13H2,1H3. The maximum atomic E-state index is 13.2. The molecule has 1 atom stereocenters. The second-order valence-corrected chi connectivity index (χ2v) is 6.31. The SMILES string of the molecule is COc1ccc2c(c1)N(Cc1ccccc1)C(=O)C1CCCC1=N2. The first kappa shape index (κ1) is 14.9. The minimum atomic E-state index is -0.0768. The van der Waals surface area contributed by atoms with Crippen LogP contribution in [0.4, 0.5) is 11.4 Å². The van der Waals surface area contributed by atoms with Gasteiger partial charge in [-0.3, -0.25) is 9.79 Å². The summed E-state index contributed by atoms with van der Waals surface area (Å²) in [7, 11) is 1.64. The average Bonchev–Trinajstić information content (AvgIpc) is 3.05. The zero-order valence-electron chi connectivity index (χ0n) is 13.7. The number of carbonyl (C=O) groups excluding carboxylic acids is 1. The molecule has 4 heteroatoms. The smallest absolute Gasteiger partial charge is 0.236 e. The summed E-state index contributed by atoms with van der Waals surface area (Å²) in [5.41, 5.74) is 3.84. The number of rotatable bonds is 3. The Balaban J connectivity index is 1.81. The number of nitrogens with zero attached hydrogens (tertiary/aromatic N) is 2. The number of methoxy groups -OCH3 is 1. The summed E-state index contributed by atoms with van der Waals surface area (Å²) in [5.74, 6) is 0.820. The molecule has 0 N–H and O–H groups in total. The largest absolute Gasteiger partial charge is 0.497 e. The summed E-state index contributed by atoms with van der Waals surface area (Å²) in [6, 6.07) is 15.9. The molecule has 1 saturated carbocycles. The first-order valence-corrected chi connectivity index (χ1v) is 8.37. The van der Waals surface area contributed by atoms with Gasteiger partial charge in [-0.05, 0) is 37.0 Å². The number of carbonyl (C=O) groups is 1. The molecule has 0 saturated heterocycles. The van der Waals surface area contributed by atoms with E-state index >= 15 is 0 Å². The van der Waals surface area contributed by atoms with Crippen LogP contribution in [0.25, 0.3) is 0 Å². The van der Waals surface area contributed by atoms with Crippen molar-refractivity contribution < 1.29 is 9.53 Å². The molecule has 24 heavy (non-hydrogen) atoms. The Bertz CT molecular complexity index is 799. The molecule has 0 radical (unpaired) electrons. The monoisotopic (exact) mass is 320 g/mol. The van der Waals surface area contributed by atoms with Crippen LogP contribution in [-0.4, -0.2) is 18.7 Å². The van der Waals surface area contributed by atoms with Crippen LogP contribution in [0.1, 0.15) is 24.8 Å². The van der Waals surface area contributed by atoms with Crippen molar-refractivity contribution in [2.75, 3.05) is 12.0 Å². The number of benzene rings is 2. The normalized spacial score (nSPS) is 19.4. The topological polar surface area (TPSA) is 41.9 Å². The van der Waals surface area contributed by atoms with Crippen molar-refractivity contribution in [1.82, 2.24) is 0 Å². The van der Waals surface area contributed by atoms with Gasteiger partial charge in [0, 0.05) is 11.8 Å². The van der Waals surface area contributed by atoms with E-state index in [1.54, 1.807) is 7.11 Å². The zero-order chi connectivity index (χ0) is 16.5. The molecule has 4 rings (SSSR count).